The van der Waals surface area contributed by atoms with Crippen molar-refractivity contribution in [1.29, 1.82) is 0 Å². The molecule has 2 saturated heterocycles. The van der Waals surface area contributed by atoms with Gasteiger partial charge in [0, 0.05) is 42.7 Å². The van der Waals surface area contributed by atoms with Crippen molar-refractivity contribution in [3.63, 3.8) is 0 Å². The Bertz CT molecular complexity index is 916. The van der Waals surface area contributed by atoms with E-state index in [1.807, 2.05) is 37.3 Å². The summed E-state index contributed by atoms with van der Waals surface area (Å²) in [5.74, 6) is 1.11. The smallest absolute Gasteiger partial charge is 0.251 e. The molecule has 160 valence electrons. The molecule has 0 aromatic heterocycles. The van der Waals surface area contributed by atoms with Crippen LogP contribution in [0.15, 0.2) is 42.5 Å². The van der Waals surface area contributed by atoms with E-state index in [1.165, 1.54) is 0 Å². The molecule has 2 aromatic carbocycles. The lowest BCUT2D eigenvalue weighted by Crippen LogP contribution is -2.44. The maximum Gasteiger partial charge on any atom is 0.251 e. The number of benzene rings is 2. The highest BCUT2D eigenvalue weighted by Gasteiger charge is 2.55. The minimum absolute atomic E-state index is 0.00199. The normalized spacial score (nSPS) is 26.1. The molecule has 0 radical (unpaired) electrons. The van der Waals surface area contributed by atoms with Gasteiger partial charge in [0.05, 0.1) is 10.0 Å². The Balaban J connectivity index is 1.38. The van der Waals surface area contributed by atoms with Gasteiger partial charge in [-0.3, -0.25) is 9.69 Å². The van der Waals surface area contributed by atoms with Crippen molar-refractivity contribution in [2.75, 3.05) is 6.54 Å². The molecule has 2 aliphatic heterocycles. The first kappa shape index (κ1) is 21.5. The number of amides is 1. The highest BCUT2D eigenvalue weighted by Crippen LogP contribution is 2.42. The SMILES string of the molecule is Cc1ccc(C(=O)NC(C(C)C)C2C3CC(Oc4ccc(Cl)c(Cl)c4)CCN32)cc1. The van der Waals surface area contributed by atoms with Crippen molar-refractivity contribution in [3.8, 4) is 5.75 Å². The van der Waals surface area contributed by atoms with Crippen molar-refractivity contribution in [1.82, 2.24) is 10.2 Å². The molecule has 0 bridgehead atoms. The first-order chi connectivity index (χ1) is 14.3. The first-order valence-corrected chi connectivity index (χ1v) is 11.3. The summed E-state index contributed by atoms with van der Waals surface area (Å²) in [6.07, 6.45) is 2.06. The van der Waals surface area contributed by atoms with Gasteiger partial charge in [0.15, 0.2) is 0 Å². The number of aryl methyl sites for hydroxylation is 1. The van der Waals surface area contributed by atoms with Crippen molar-refractivity contribution in [3.05, 3.63) is 63.6 Å². The van der Waals surface area contributed by atoms with Crippen molar-refractivity contribution >= 4 is 29.1 Å². The standard InChI is InChI=1S/C24H28Cl2N2O2/c1-14(2)22(27-24(29)16-6-4-15(3)5-7-16)23-21-13-18(10-11-28(21)23)30-17-8-9-19(25)20(26)12-17/h4-9,12,14,18,21-23H,10-11,13H2,1-3H3,(H,27,29). The molecule has 1 N–H and O–H groups in total. The molecule has 2 aromatic rings. The van der Waals surface area contributed by atoms with Crippen LogP contribution in [0.25, 0.3) is 0 Å². The van der Waals surface area contributed by atoms with Crippen molar-refractivity contribution < 1.29 is 9.53 Å². The number of piperidine rings is 1. The maximum absolute atomic E-state index is 12.8. The molecule has 1 amide bonds. The van der Waals surface area contributed by atoms with Gasteiger partial charge in [-0.05, 0) is 43.5 Å². The number of ether oxygens (including phenoxy) is 1. The second-order valence-electron chi connectivity index (χ2n) is 8.75. The molecule has 2 heterocycles. The Labute approximate surface area is 188 Å². The Morgan fingerprint density at radius 3 is 2.53 bits per heavy atom. The number of hydrogen-bond donors (Lipinski definition) is 1. The lowest BCUT2D eigenvalue weighted by Gasteiger charge is -2.23. The molecule has 0 spiro atoms. The summed E-state index contributed by atoms with van der Waals surface area (Å²) in [6, 6.07) is 14.1. The number of nitrogens with one attached hydrogen (secondary N) is 1. The summed E-state index contributed by atoms with van der Waals surface area (Å²) in [5.41, 5.74) is 1.87. The summed E-state index contributed by atoms with van der Waals surface area (Å²) in [6.45, 7) is 7.35. The number of fused-ring (bicyclic) bond motifs is 1. The van der Waals surface area contributed by atoms with Crippen molar-refractivity contribution in [2.45, 2.75) is 57.8 Å². The summed E-state index contributed by atoms with van der Waals surface area (Å²) in [4.78, 5) is 15.3. The van der Waals surface area contributed by atoms with E-state index in [2.05, 4.69) is 24.1 Å². The van der Waals surface area contributed by atoms with Crippen LogP contribution in [0.3, 0.4) is 0 Å². The van der Waals surface area contributed by atoms with Crippen molar-refractivity contribution in [2.24, 2.45) is 5.92 Å². The molecule has 0 saturated carbocycles. The molecular weight excluding hydrogens is 419 g/mol. The van der Waals surface area contributed by atoms with Gasteiger partial charge >= 0.3 is 0 Å². The zero-order valence-corrected chi connectivity index (χ0v) is 19.1. The molecule has 5 atom stereocenters. The summed E-state index contributed by atoms with van der Waals surface area (Å²) < 4.78 is 6.18. The minimum Gasteiger partial charge on any atom is -0.490 e. The van der Waals surface area contributed by atoms with Gasteiger partial charge < -0.3 is 10.1 Å². The number of hydrogen-bond acceptors (Lipinski definition) is 3. The fourth-order valence-electron chi connectivity index (χ4n) is 4.51. The predicted molar refractivity (Wildman–Crippen MR) is 122 cm³/mol. The fourth-order valence-corrected chi connectivity index (χ4v) is 4.79. The Morgan fingerprint density at radius 2 is 1.87 bits per heavy atom. The van der Waals surface area contributed by atoms with E-state index >= 15 is 0 Å². The highest BCUT2D eigenvalue weighted by molar-refractivity contribution is 6.42. The van der Waals surface area contributed by atoms with E-state index in [4.69, 9.17) is 27.9 Å². The molecule has 6 heteroatoms. The third-order valence-corrected chi connectivity index (χ3v) is 6.96. The molecule has 4 rings (SSSR count). The summed E-state index contributed by atoms with van der Waals surface area (Å²) >= 11 is 12.1. The van der Waals surface area contributed by atoms with Crippen LogP contribution in [0, 0.1) is 12.8 Å². The maximum atomic E-state index is 12.8. The van der Waals surface area contributed by atoms with Gasteiger partial charge in [-0.1, -0.05) is 54.7 Å². The zero-order chi connectivity index (χ0) is 21.4. The number of carbonyl (C=O) groups excluding carboxylic acids is 1. The van der Waals surface area contributed by atoms with E-state index in [0.717, 1.165) is 30.7 Å². The van der Waals surface area contributed by atoms with Crippen LogP contribution in [-0.2, 0) is 0 Å². The monoisotopic (exact) mass is 446 g/mol. The number of nitrogens with zero attached hydrogens (tertiary/aromatic N) is 1. The largest absolute Gasteiger partial charge is 0.490 e. The van der Waals surface area contributed by atoms with E-state index in [0.29, 0.717) is 33.6 Å². The lowest BCUT2D eigenvalue weighted by molar-refractivity contribution is 0.0920. The molecule has 2 aliphatic rings. The topological polar surface area (TPSA) is 41.3 Å². The molecule has 2 fully saturated rings. The molecule has 0 aliphatic carbocycles. The molecule has 5 unspecified atom stereocenters. The van der Waals surface area contributed by atoms with Gasteiger partial charge in [0.2, 0.25) is 0 Å². The second-order valence-corrected chi connectivity index (χ2v) is 9.56. The van der Waals surface area contributed by atoms with Crippen LogP contribution in [-0.4, -0.2) is 41.6 Å². The van der Waals surface area contributed by atoms with Gasteiger partial charge in [-0.2, -0.15) is 0 Å². The number of halogens is 2. The predicted octanol–water partition coefficient (Wildman–Crippen LogP) is 5.35. The molecule has 4 nitrogen and oxygen atoms in total. The van der Waals surface area contributed by atoms with Crippen LogP contribution in [0.4, 0.5) is 0 Å². The fraction of sp³-hybridized carbons (Fsp3) is 0.458. The van der Waals surface area contributed by atoms with E-state index in [1.54, 1.807) is 12.1 Å². The van der Waals surface area contributed by atoms with Gasteiger partial charge in [0.25, 0.3) is 5.91 Å². The van der Waals surface area contributed by atoms with Crippen LogP contribution >= 0.6 is 23.2 Å². The first-order valence-electron chi connectivity index (χ1n) is 10.6. The Hall–Kier alpha value is -1.75. The van der Waals surface area contributed by atoms with Crippen LogP contribution in [0.1, 0.15) is 42.6 Å². The minimum atomic E-state index is 0.00199. The number of carbonyl (C=O) groups is 1. The Morgan fingerprint density at radius 1 is 1.13 bits per heavy atom. The lowest BCUT2D eigenvalue weighted by atomic mass is 9.96. The Kier molecular flexibility index (Phi) is 6.29. The van der Waals surface area contributed by atoms with Crippen LogP contribution in [0.2, 0.25) is 10.0 Å². The quantitative estimate of drug-likeness (QED) is 0.607. The average Bonchev–Trinajstić information content (AvgIpc) is 3.42. The molecular formula is C24H28Cl2N2O2. The van der Waals surface area contributed by atoms with Gasteiger partial charge in [-0.15, -0.1) is 0 Å². The van der Waals surface area contributed by atoms with Crippen LogP contribution < -0.4 is 10.1 Å². The summed E-state index contributed by atoms with van der Waals surface area (Å²) in [7, 11) is 0. The third-order valence-electron chi connectivity index (χ3n) is 6.22. The van der Waals surface area contributed by atoms with Gasteiger partial charge in [-0.25, -0.2) is 0 Å². The summed E-state index contributed by atoms with van der Waals surface area (Å²) in [5, 5.41) is 4.34. The zero-order valence-electron chi connectivity index (χ0n) is 17.6. The van der Waals surface area contributed by atoms with Crippen LogP contribution in [0.5, 0.6) is 5.75 Å². The second kappa shape index (κ2) is 8.78. The average molecular weight is 447 g/mol. The van der Waals surface area contributed by atoms with E-state index < -0.39 is 0 Å². The third kappa shape index (κ3) is 4.61. The van der Waals surface area contributed by atoms with E-state index in [9.17, 15) is 4.79 Å². The van der Waals surface area contributed by atoms with E-state index in [-0.39, 0.29) is 18.1 Å². The molecule has 30 heavy (non-hydrogen) atoms. The highest BCUT2D eigenvalue weighted by atomic mass is 35.5. The number of rotatable bonds is 6. The van der Waals surface area contributed by atoms with Gasteiger partial charge in [0.1, 0.15) is 11.9 Å².